The fraction of sp³-hybridized carbons (Fsp3) is 0.600. The molecule has 0 amide bonds. The molecule has 0 aromatic carbocycles. The van der Waals surface area contributed by atoms with Crippen LogP contribution in [-0.4, -0.2) is 60.5 Å². The van der Waals surface area contributed by atoms with Gasteiger partial charge in [-0.1, -0.05) is 24.3 Å². The fourth-order valence-electron chi connectivity index (χ4n) is 3.41. The van der Waals surface area contributed by atoms with Crippen LogP contribution >= 0.6 is 0 Å². The van der Waals surface area contributed by atoms with Crippen LogP contribution in [0.2, 0.25) is 0 Å². The van der Waals surface area contributed by atoms with Crippen LogP contribution in [0, 0.1) is 23.7 Å². The highest BCUT2D eigenvalue weighted by molar-refractivity contribution is 5.82. The second-order valence-corrected chi connectivity index (χ2v) is 6.94. The lowest BCUT2D eigenvalue weighted by Gasteiger charge is -2.23. The molecule has 0 radical (unpaired) electrons. The molecule has 0 saturated heterocycles. The van der Waals surface area contributed by atoms with Crippen LogP contribution in [-0.2, 0) is 33.4 Å². The monoisotopic (exact) mass is 410 g/mol. The number of carboxylic acid groups (broad SMARTS) is 2. The number of hydrogen-bond acceptors (Lipinski definition) is 7. The van der Waals surface area contributed by atoms with Gasteiger partial charge >= 0.3 is 23.9 Å². The first-order valence-corrected chi connectivity index (χ1v) is 9.58. The van der Waals surface area contributed by atoms with E-state index in [4.69, 9.17) is 24.4 Å². The third-order valence-electron chi connectivity index (χ3n) is 5.05. The number of esters is 2. The summed E-state index contributed by atoms with van der Waals surface area (Å²) < 4.78 is 15.4. The van der Waals surface area contributed by atoms with Crippen molar-refractivity contribution in [2.45, 2.75) is 25.7 Å². The highest BCUT2D eigenvalue weighted by Gasteiger charge is 2.36. The van der Waals surface area contributed by atoms with E-state index in [1.54, 1.807) is 24.3 Å². The molecule has 0 spiro atoms. The Morgan fingerprint density at radius 2 is 0.966 bits per heavy atom. The third kappa shape index (κ3) is 6.70. The summed E-state index contributed by atoms with van der Waals surface area (Å²) >= 11 is 0. The summed E-state index contributed by atoms with van der Waals surface area (Å²) in [6.07, 6.45) is 8.30. The predicted molar refractivity (Wildman–Crippen MR) is 98.7 cm³/mol. The molecule has 2 aliphatic carbocycles. The quantitative estimate of drug-likeness (QED) is 0.311. The van der Waals surface area contributed by atoms with Gasteiger partial charge in [0.2, 0.25) is 0 Å². The van der Waals surface area contributed by atoms with Gasteiger partial charge < -0.3 is 24.4 Å². The van der Waals surface area contributed by atoms with Gasteiger partial charge in [-0.2, -0.15) is 0 Å². The van der Waals surface area contributed by atoms with Crippen molar-refractivity contribution < 1.29 is 43.6 Å². The van der Waals surface area contributed by atoms with Crippen LogP contribution in [0.4, 0.5) is 0 Å². The zero-order chi connectivity index (χ0) is 21.2. The lowest BCUT2D eigenvalue weighted by atomic mass is 9.83. The van der Waals surface area contributed by atoms with Gasteiger partial charge in [-0.05, 0) is 25.7 Å². The SMILES string of the molecule is O=C(O)C1CC=CCC1C(=O)OCCOCCOC(=O)C1CC=CCC1C(=O)O. The molecule has 0 fully saturated rings. The number of rotatable bonds is 10. The Kier molecular flexibility index (Phi) is 8.85. The van der Waals surface area contributed by atoms with E-state index in [-0.39, 0.29) is 26.4 Å². The minimum Gasteiger partial charge on any atom is -0.481 e. The smallest absolute Gasteiger partial charge is 0.310 e. The molecule has 2 aliphatic rings. The van der Waals surface area contributed by atoms with E-state index in [0.717, 1.165) is 0 Å². The summed E-state index contributed by atoms with van der Waals surface area (Å²) in [6.45, 7) is 0.0860. The first kappa shape index (κ1) is 22.6. The molecule has 9 heteroatoms. The summed E-state index contributed by atoms with van der Waals surface area (Å²) in [4.78, 5) is 46.5. The van der Waals surface area contributed by atoms with Crippen molar-refractivity contribution in [3.63, 3.8) is 0 Å². The molecule has 9 nitrogen and oxygen atoms in total. The molecule has 0 aliphatic heterocycles. The van der Waals surface area contributed by atoms with Crippen molar-refractivity contribution in [2.75, 3.05) is 26.4 Å². The van der Waals surface area contributed by atoms with Gasteiger partial charge in [-0.15, -0.1) is 0 Å². The van der Waals surface area contributed by atoms with E-state index in [1.807, 2.05) is 0 Å². The third-order valence-corrected chi connectivity index (χ3v) is 5.05. The van der Waals surface area contributed by atoms with Crippen molar-refractivity contribution in [3.8, 4) is 0 Å². The first-order valence-electron chi connectivity index (χ1n) is 9.58. The molecule has 0 heterocycles. The Hall–Kier alpha value is -2.68. The Bertz CT molecular complexity index is 611. The molecule has 4 atom stereocenters. The molecule has 160 valence electrons. The minimum absolute atomic E-state index is 0.0339. The molecule has 2 rings (SSSR count). The van der Waals surface area contributed by atoms with E-state index in [9.17, 15) is 19.2 Å². The van der Waals surface area contributed by atoms with E-state index in [2.05, 4.69) is 0 Å². The second-order valence-electron chi connectivity index (χ2n) is 6.94. The maximum Gasteiger partial charge on any atom is 0.310 e. The molecule has 4 unspecified atom stereocenters. The highest BCUT2D eigenvalue weighted by atomic mass is 16.6. The number of allylic oxidation sites excluding steroid dienone is 4. The van der Waals surface area contributed by atoms with Crippen LogP contribution in [0.1, 0.15) is 25.7 Å². The summed E-state index contributed by atoms with van der Waals surface area (Å²) in [5.74, 6) is -6.14. The molecule has 2 N–H and O–H groups in total. The topological polar surface area (TPSA) is 136 Å². The van der Waals surface area contributed by atoms with Gasteiger partial charge in [0, 0.05) is 0 Å². The molecule has 0 aromatic rings. The largest absolute Gasteiger partial charge is 0.481 e. The van der Waals surface area contributed by atoms with Gasteiger partial charge in [0.05, 0.1) is 36.9 Å². The zero-order valence-electron chi connectivity index (χ0n) is 16.0. The number of ether oxygens (including phenoxy) is 3. The Morgan fingerprint density at radius 1 is 0.621 bits per heavy atom. The average molecular weight is 410 g/mol. The van der Waals surface area contributed by atoms with E-state index in [0.29, 0.717) is 25.7 Å². The fourth-order valence-corrected chi connectivity index (χ4v) is 3.41. The lowest BCUT2D eigenvalue weighted by molar-refractivity contribution is -0.160. The van der Waals surface area contributed by atoms with Crippen molar-refractivity contribution in [3.05, 3.63) is 24.3 Å². The Balaban J connectivity index is 1.60. The Morgan fingerprint density at radius 3 is 1.31 bits per heavy atom. The van der Waals surface area contributed by atoms with Crippen LogP contribution in [0.25, 0.3) is 0 Å². The van der Waals surface area contributed by atoms with E-state index >= 15 is 0 Å². The normalized spacial score (nSPS) is 25.9. The van der Waals surface area contributed by atoms with Crippen molar-refractivity contribution >= 4 is 23.9 Å². The van der Waals surface area contributed by atoms with Gasteiger partial charge in [-0.25, -0.2) is 0 Å². The number of carboxylic acids is 2. The molecular weight excluding hydrogens is 384 g/mol. The average Bonchev–Trinajstić information content (AvgIpc) is 2.72. The van der Waals surface area contributed by atoms with Crippen LogP contribution in [0.3, 0.4) is 0 Å². The summed E-state index contributed by atoms with van der Waals surface area (Å²) in [5.41, 5.74) is 0. The van der Waals surface area contributed by atoms with Gasteiger partial charge in [-0.3, -0.25) is 19.2 Å². The van der Waals surface area contributed by atoms with Crippen molar-refractivity contribution in [2.24, 2.45) is 23.7 Å². The first-order chi connectivity index (χ1) is 13.9. The minimum atomic E-state index is -1.02. The number of carbonyl (C=O) groups is 4. The number of hydrogen-bond donors (Lipinski definition) is 2. The molecule has 0 aromatic heterocycles. The number of aliphatic carboxylic acids is 2. The lowest BCUT2D eigenvalue weighted by Crippen LogP contribution is -2.33. The number of carbonyl (C=O) groups excluding carboxylic acids is 2. The summed E-state index contributed by atoms with van der Waals surface area (Å²) in [6, 6.07) is 0. The standard InChI is InChI=1S/C20H26O9/c21-17(22)13-5-1-3-7-15(13)19(25)28-11-9-27-10-12-29-20(26)16-8-4-2-6-14(16)18(23)24/h1-4,13-16H,5-12H2,(H,21,22)(H,23,24). The van der Waals surface area contributed by atoms with Crippen molar-refractivity contribution in [1.82, 2.24) is 0 Å². The maximum absolute atomic E-state index is 12.1. The predicted octanol–water partition coefficient (Wildman–Crippen LogP) is 1.42. The van der Waals surface area contributed by atoms with Crippen LogP contribution < -0.4 is 0 Å². The highest BCUT2D eigenvalue weighted by Crippen LogP contribution is 2.27. The van der Waals surface area contributed by atoms with Gasteiger partial charge in [0.1, 0.15) is 13.2 Å². The van der Waals surface area contributed by atoms with E-state index < -0.39 is 47.5 Å². The maximum atomic E-state index is 12.1. The molecule has 29 heavy (non-hydrogen) atoms. The molecule has 0 bridgehead atoms. The molecule has 0 saturated carbocycles. The summed E-state index contributed by atoms with van der Waals surface area (Å²) in [5, 5.41) is 18.3. The van der Waals surface area contributed by atoms with E-state index in [1.165, 1.54) is 0 Å². The van der Waals surface area contributed by atoms with Gasteiger partial charge in [0.25, 0.3) is 0 Å². The Labute approximate surface area is 168 Å². The second kappa shape index (κ2) is 11.4. The summed E-state index contributed by atoms with van der Waals surface area (Å²) in [7, 11) is 0. The van der Waals surface area contributed by atoms with Crippen molar-refractivity contribution in [1.29, 1.82) is 0 Å². The van der Waals surface area contributed by atoms with Gasteiger partial charge in [0.15, 0.2) is 0 Å². The van der Waals surface area contributed by atoms with Crippen LogP contribution in [0.5, 0.6) is 0 Å². The zero-order valence-corrected chi connectivity index (χ0v) is 16.0. The molecular formula is C20H26O9. The van der Waals surface area contributed by atoms with Crippen LogP contribution in [0.15, 0.2) is 24.3 Å².